The predicted octanol–water partition coefficient (Wildman–Crippen LogP) is 0.0295. The molecule has 0 saturated heterocycles. The molecule has 0 aliphatic rings. The predicted molar refractivity (Wildman–Crippen MR) is 54.4 cm³/mol. The van der Waals surface area contributed by atoms with E-state index in [-0.39, 0.29) is 18.7 Å². The normalized spacial score (nSPS) is 9.80. The molecule has 0 aromatic carbocycles. The van der Waals surface area contributed by atoms with Crippen LogP contribution in [-0.4, -0.2) is 50.2 Å². The van der Waals surface area contributed by atoms with Crippen LogP contribution in [0.3, 0.4) is 0 Å². The van der Waals surface area contributed by atoms with Crippen LogP contribution in [0.2, 0.25) is 0 Å². The first-order valence-electron chi connectivity index (χ1n) is 4.74. The molecule has 1 amide bonds. The summed E-state index contributed by atoms with van der Waals surface area (Å²) in [6.07, 6.45) is 0.323. The van der Waals surface area contributed by atoms with Gasteiger partial charge in [-0.15, -0.1) is 0 Å². The van der Waals surface area contributed by atoms with Gasteiger partial charge in [-0.1, -0.05) is 0 Å². The molecule has 0 aromatic heterocycles. The first-order chi connectivity index (χ1) is 6.99. The van der Waals surface area contributed by atoms with Gasteiger partial charge in [-0.25, -0.2) is 0 Å². The third-order valence-corrected chi connectivity index (χ3v) is 1.87. The topological polar surface area (TPSA) is 63.7 Å². The SMILES string of the molecule is COCCCC(=O)C(=O)CC(=O)N(C)C. The molecular weight excluding hydrogens is 198 g/mol. The minimum absolute atomic E-state index is 0.146. The van der Waals surface area contributed by atoms with Crippen molar-refractivity contribution in [3.8, 4) is 0 Å². The fraction of sp³-hybridized carbons (Fsp3) is 0.700. The molecule has 0 heterocycles. The second-order valence-corrected chi connectivity index (χ2v) is 3.41. The number of hydrogen-bond acceptors (Lipinski definition) is 4. The zero-order valence-electron chi connectivity index (χ0n) is 9.41. The average Bonchev–Trinajstić information content (AvgIpc) is 2.17. The number of rotatable bonds is 7. The smallest absolute Gasteiger partial charge is 0.230 e. The highest BCUT2D eigenvalue weighted by molar-refractivity contribution is 6.40. The van der Waals surface area contributed by atoms with Gasteiger partial charge >= 0.3 is 0 Å². The summed E-state index contributed by atoms with van der Waals surface area (Å²) in [5, 5.41) is 0. The maximum Gasteiger partial charge on any atom is 0.230 e. The van der Waals surface area contributed by atoms with Crippen LogP contribution in [0.4, 0.5) is 0 Å². The summed E-state index contributed by atoms with van der Waals surface area (Å²) in [7, 11) is 4.62. The number of Topliss-reactive ketones (excluding diaryl/α,β-unsaturated/α-hetero) is 2. The van der Waals surface area contributed by atoms with E-state index in [2.05, 4.69) is 0 Å². The highest BCUT2D eigenvalue weighted by Gasteiger charge is 2.18. The lowest BCUT2D eigenvalue weighted by molar-refractivity contribution is -0.141. The van der Waals surface area contributed by atoms with Gasteiger partial charge in [-0.05, 0) is 6.42 Å². The zero-order chi connectivity index (χ0) is 11.8. The van der Waals surface area contributed by atoms with Crippen molar-refractivity contribution in [2.45, 2.75) is 19.3 Å². The molecule has 0 fully saturated rings. The van der Waals surface area contributed by atoms with Crippen molar-refractivity contribution in [1.82, 2.24) is 4.90 Å². The summed E-state index contributed by atoms with van der Waals surface area (Å²) in [5.41, 5.74) is 0. The molecule has 5 heteroatoms. The van der Waals surface area contributed by atoms with Crippen LogP contribution < -0.4 is 0 Å². The first kappa shape index (κ1) is 13.8. The molecule has 0 aliphatic heterocycles. The third kappa shape index (κ3) is 5.96. The molecule has 15 heavy (non-hydrogen) atoms. The van der Waals surface area contributed by atoms with E-state index in [4.69, 9.17) is 4.74 Å². The fourth-order valence-electron chi connectivity index (χ4n) is 0.911. The fourth-order valence-corrected chi connectivity index (χ4v) is 0.911. The molecule has 0 radical (unpaired) electrons. The Balaban J connectivity index is 3.89. The summed E-state index contributed by atoms with van der Waals surface area (Å²) in [6, 6.07) is 0. The van der Waals surface area contributed by atoms with E-state index in [0.717, 1.165) is 0 Å². The van der Waals surface area contributed by atoms with Gasteiger partial charge < -0.3 is 9.64 Å². The molecule has 5 nitrogen and oxygen atoms in total. The van der Waals surface area contributed by atoms with Crippen molar-refractivity contribution in [2.24, 2.45) is 0 Å². The molecule has 0 spiro atoms. The number of ketones is 2. The Morgan fingerprint density at radius 1 is 1.13 bits per heavy atom. The summed E-state index contributed by atoms with van der Waals surface area (Å²) in [4.78, 5) is 34.8. The van der Waals surface area contributed by atoms with E-state index in [1.165, 1.54) is 12.0 Å². The quantitative estimate of drug-likeness (QED) is 0.341. The van der Waals surface area contributed by atoms with Crippen molar-refractivity contribution >= 4 is 17.5 Å². The number of nitrogens with zero attached hydrogens (tertiary/aromatic N) is 1. The van der Waals surface area contributed by atoms with E-state index in [9.17, 15) is 14.4 Å². The number of carbonyl (C=O) groups excluding carboxylic acids is 3. The zero-order valence-corrected chi connectivity index (χ0v) is 9.41. The van der Waals surface area contributed by atoms with E-state index in [0.29, 0.717) is 13.0 Å². The van der Waals surface area contributed by atoms with Crippen molar-refractivity contribution in [3.05, 3.63) is 0 Å². The summed E-state index contributed by atoms with van der Waals surface area (Å²) in [5.74, 6) is -1.47. The summed E-state index contributed by atoms with van der Waals surface area (Å²) >= 11 is 0. The van der Waals surface area contributed by atoms with Crippen molar-refractivity contribution in [3.63, 3.8) is 0 Å². The Labute approximate surface area is 89.4 Å². The monoisotopic (exact) mass is 215 g/mol. The van der Waals surface area contributed by atoms with Gasteiger partial charge in [0.15, 0.2) is 5.78 Å². The second-order valence-electron chi connectivity index (χ2n) is 3.41. The van der Waals surface area contributed by atoms with Gasteiger partial charge in [-0.3, -0.25) is 14.4 Å². The van der Waals surface area contributed by atoms with Gasteiger partial charge in [0.2, 0.25) is 11.7 Å². The molecular formula is C10H17NO4. The number of methoxy groups -OCH3 is 1. The van der Waals surface area contributed by atoms with Crippen LogP contribution in [0, 0.1) is 0 Å². The van der Waals surface area contributed by atoms with Crippen molar-refractivity contribution < 1.29 is 19.1 Å². The Morgan fingerprint density at radius 2 is 1.73 bits per heavy atom. The molecule has 0 N–H and O–H groups in total. The standard InChI is InChI=1S/C10H17NO4/c1-11(2)10(14)7-9(13)8(12)5-4-6-15-3/h4-7H2,1-3H3. The average molecular weight is 215 g/mol. The largest absolute Gasteiger partial charge is 0.385 e. The van der Waals surface area contributed by atoms with Gasteiger partial charge in [0.25, 0.3) is 0 Å². The maximum absolute atomic E-state index is 11.2. The molecule has 86 valence electrons. The molecule has 0 aliphatic carbocycles. The van der Waals surface area contributed by atoms with Gasteiger partial charge in [0.1, 0.15) is 0 Å². The highest BCUT2D eigenvalue weighted by Crippen LogP contribution is 1.97. The van der Waals surface area contributed by atoms with E-state index in [1.807, 2.05) is 0 Å². The summed E-state index contributed by atoms with van der Waals surface area (Å²) in [6.45, 7) is 0.445. The lowest BCUT2D eigenvalue weighted by atomic mass is 10.1. The Bertz CT molecular complexity index is 248. The third-order valence-electron chi connectivity index (χ3n) is 1.87. The highest BCUT2D eigenvalue weighted by atomic mass is 16.5. The van der Waals surface area contributed by atoms with Crippen molar-refractivity contribution in [2.75, 3.05) is 27.8 Å². The first-order valence-corrected chi connectivity index (χ1v) is 4.74. The minimum Gasteiger partial charge on any atom is -0.385 e. The molecule has 0 atom stereocenters. The molecule has 0 unspecified atom stereocenters. The van der Waals surface area contributed by atoms with Crippen LogP contribution in [0.5, 0.6) is 0 Å². The maximum atomic E-state index is 11.2. The number of carbonyl (C=O) groups is 3. The van der Waals surface area contributed by atoms with Crippen LogP contribution in [0.25, 0.3) is 0 Å². The lowest BCUT2D eigenvalue weighted by Gasteiger charge is -2.08. The molecule has 0 aromatic rings. The van der Waals surface area contributed by atoms with Crippen LogP contribution in [0.1, 0.15) is 19.3 Å². The Hall–Kier alpha value is -1.23. The number of hydrogen-bond donors (Lipinski definition) is 0. The van der Waals surface area contributed by atoms with Gasteiger partial charge in [0.05, 0.1) is 6.42 Å². The lowest BCUT2D eigenvalue weighted by Crippen LogP contribution is -2.27. The minimum atomic E-state index is -0.621. The number of ether oxygens (including phenoxy) is 1. The second kappa shape index (κ2) is 7.11. The Morgan fingerprint density at radius 3 is 2.20 bits per heavy atom. The van der Waals surface area contributed by atoms with Gasteiger partial charge in [-0.2, -0.15) is 0 Å². The van der Waals surface area contributed by atoms with E-state index in [1.54, 1.807) is 14.1 Å². The summed E-state index contributed by atoms with van der Waals surface area (Å²) < 4.78 is 4.75. The van der Waals surface area contributed by atoms with Crippen molar-refractivity contribution in [1.29, 1.82) is 0 Å². The van der Waals surface area contributed by atoms with Crippen LogP contribution in [0.15, 0.2) is 0 Å². The molecule has 0 saturated carbocycles. The van der Waals surface area contributed by atoms with E-state index < -0.39 is 11.6 Å². The molecule has 0 rings (SSSR count). The number of amides is 1. The van der Waals surface area contributed by atoms with E-state index >= 15 is 0 Å². The van der Waals surface area contributed by atoms with Crippen LogP contribution >= 0.6 is 0 Å². The molecule has 0 bridgehead atoms. The van der Waals surface area contributed by atoms with Gasteiger partial charge in [0, 0.05) is 34.2 Å². The Kier molecular flexibility index (Phi) is 6.53. The van der Waals surface area contributed by atoms with Crippen LogP contribution in [-0.2, 0) is 19.1 Å².